The Labute approximate surface area is 104 Å². The Kier molecular flexibility index (Phi) is 3.70. The van der Waals surface area contributed by atoms with E-state index in [0.717, 1.165) is 28.8 Å². The fourth-order valence-electron chi connectivity index (χ4n) is 1.53. The Balaban J connectivity index is 2.10. The first kappa shape index (κ1) is 11.3. The van der Waals surface area contributed by atoms with Gasteiger partial charge in [-0.05, 0) is 12.1 Å². The van der Waals surface area contributed by atoms with E-state index in [1.165, 1.54) is 5.39 Å². The maximum absolute atomic E-state index is 4.56. The molecule has 0 bridgehead atoms. The van der Waals surface area contributed by atoms with E-state index >= 15 is 0 Å². The number of rotatable bonds is 4. The Bertz CT molecular complexity index is 508. The van der Waals surface area contributed by atoms with Crippen molar-refractivity contribution in [1.29, 1.82) is 0 Å². The number of pyridine rings is 1. The SMILES string of the molecule is C=C(Br)CNCc1ccc2ccccc2n1. The first-order valence-corrected chi connectivity index (χ1v) is 5.93. The Morgan fingerprint density at radius 1 is 1.25 bits per heavy atom. The number of benzene rings is 1. The lowest BCUT2D eigenvalue weighted by Crippen LogP contribution is -2.15. The maximum Gasteiger partial charge on any atom is 0.0705 e. The van der Waals surface area contributed by atoms with Gasteiger partial charge in [0, 0.05) is 23.0 Å². The normalized spacial score (nSPS) is 10.6. The minimum Gasteiger partial charge on any atom is -0.307 e. The summed E-state index contributed by atoms with van der Waals surface area (Å²) in [6.07, 6.45) is 0. The molecule has 0 aliphatic carbocycles. The van der Waals surface area contributed by atoms with E-state index in [1.54, 1.807) is 0 Å². The lowest BCUT2D eigenvalue weighted by atomic mass is 10.2. The molecule has 0 aliphatic heterocycles. The van der Waals surface area contributed by atoms with Gasteiger partial charge in [0.15, 0.2) is 0 Å². The number of aromatic nitrogens is 1. The summed E-state index contributed by atoms with van der Waals surface area (Å²) in [7, 11) is 0. The summed E-state index contributed by atoms with van der Waals surface area (Å²) in [6.45, 7) is 5.29. The number of nitrogens with zero attached hydrogens (tertiary/aromatic N) is 1. The van der Waals surface area contributed by atoms with E-state index in [9.17, 15) is 0 Å². The molecule has 16 heavy (non-hydrogen) atoms. The molecule has 82 valence electrons. The van der Waals surface area contributed by atoms with Gasteiger partial charge in [-0.15, -0.1) is 0 Å². The highest BCUT2D eigenvalue weighted by Crippen LogP contribution is 2.11. The van der Waals surface area contributed by atoms with Gasteiger partial charge in [-0.1, -0.05) is 46.8 Å². The van der Waals surface area contributed by atoms with Gasteiger partial charge in [0.05, 0.1) is 11.2 Å². The van der Waals surface area contributed by atoms with Gasteiger partial charge in [0.2, 0.25) is 0 Å². The average molecular weight is 277 g/mol. The molecular weight excluding hydrogens is 264 g/mol. The van der Waals surface area contributed by atoms with Gasteiger partial charge in [-0.25, -0.2) is 0 Å². The maximum atomic E-state index is 4.56. The highest BCUT2D eigenvalue weighted by atomic mass is 79.9. The molecule has 0 saturated carbocycles. The molecule has 0 unspecified atom stereocenters. The van der Waals surface area contributed by atoms with Crippen LogP contribution in [0.4, 0.5) is 0 Å². The van der Waals surface area contributed by atoms with Gasteiger partial charge in [-0.3, -0.25) is 4.98 Å². The molecule has 2 aromatic rings. The number of halogens is 1. The standard InChI is InChI=1S/C13H13BrN2/c1-10(14)8-15-9-12-7-6-11-4-2-3-5-13(11)16-12/h2-7,15H,1,8-9H2. The minimum absolute atomic E-state index is 0.758. The summed E-state index contributed by atoms with van der Waals surface area (Å²) in [5, 5.41) is 4.43. The van der Waals surface area contributed by atoms with Crippen molar-refractivity contribution in [1.82, 2.24) is 10.3 Å². The van der Waals surface area contributed by atoms with Crippen molar-refractivity contribution >= 4 is 26.8 Å². The van der Waals surface area contributed by atoms with E-state index in [-0.39, 0.29) is 0 Å². The highest BCUT2D eigenvalue weighted by molar-refractivity contribution is 9.11. The summed E-state index contributed by atoms with van der Waals surface area (Å²) in [5.41, 5.74) is 2.09. The first-order chi connectivity index (χ1) is 7.75. The van der Waals surface area contributed by atoms with Crippen LogP contribution in [0.3, 0.4) is 0 Å². The van der Waals surface area contributed by atoms with Gasteiger partial charge in [0.1, 0.15) is 0 Å². The largest absolute Gasteiger partial charge is 0.307 e. The lowest BCUT2D eigenvalue weighted by Gasteiger charge is -2.04. The van der Waals surface area contributed by atoms with Gasteiger partial charge in [-0.2, -0.15) is 0 Å². The molecule has 1 N–H and O–H groups in total. The second kappa shape index (κ2) is 5.23. The van der Waals surface area contributed by atoms with Crippen molar-refractivity contribution in [3.63, 3.8) is 0 Å². The number of hydrogen-bond acceptors (Lipinski definition) is 2. The molecule has 1 aromatic carbocycles. The molecule has 0 saturated heterocycles. The summed E-state index contributed by atoms with van der Waals surface area (Å²) in [4.78, 5) is 4.56. The zero-order chi connectivity index (χ0) is 11.4. The first-order valence-electron chi connectivity index (χ1n) is 5.14. The van der Waals surface area contributed by atoms with Crippen molar-refractivity contribution in [2.75, 3.05) is 6.54 Å². The summed E-state index contributed by atoms with van der Waals surface area (Å²) in [5.74, 6) is 0. The van der Waals surface area contributed by atoms with Crippen molar-refractivity contribution in [2.24, 2.45) is 0 Å². The van der Waals surface area contributed by atoms with E-state index in [1.807, 2.05) is 24.3 Å². The van der Waals surface area contributed by atoms with Crippen LogP contribution in [-0.2, 0) is 6.54 Å². The number of nitrogens with one attached hydrogen (secondary N) is 1. The van der Waals surface area contributed by atoms with E-state index in [0.29, 0.717) is 0 Å². The Hall–Kier alpha value is -1.19. The quantitative estimate of drug-likeness (QED) is 0.928. The smallest absolute Gasteiger partial charge is 0.0705 e. The summed E-state index contributed by atoms with van der Waals surface area (Å²) >= 11 is 3.31. The van der Waals surface area contributed by atoms with Crippen LogP contribution in [-0.4, -0.2) is 11.5 Å². The molecule has 1 aromatic heterocycles. The zero-order valence-electron chi connectivity index (χ0n) is 8.91. The van der Waals surface area contributed by atoms with Crippen molar-refractivity contribution < 1.29 is 0 Å². The molecule has 0 amide bonds. The predicted octanol–water partition coefficient (Wildman–Crippen LogP) is 3.23. The zero-order valence-corrected chi connectivity index (χ0v) is 10.5. The van der Waals surface area contributed by atoms with Gasteiger partial charge in [0.25, 0.3) is 0 Å². The second-order valence-electron chi connectivity index (χ2n) is 3.62. The molecule has 3 heteroatoms. The van der Waals surface area contributed by atoms with E-state index < -0.39 is 0 Å². The topological polar surface area (TPSA) is 24.9 Å². The van der Waals surface area contributed by atoms with Crippen molar-refractivity contribution in [3.8, 4) is 0 Å². The van der Waals surface area contributed by atoms with E-state index in [4.69, 9.17) is 0 Å². The predicted molar refractivity (Wildman–Crippen MR) is 71.5 cm³/mol. The monoisotopic (exact) mass is 276 g/mol. The molecule has 2 rings (SSSR count). The summed E-state index contributed by atoms with van der Waals surface area (Å²) in [6, 6.07) is 12.3. The third-order valence-electron chi connectivity index (χ3n) is 2.28. The van der Waals surface area contributed by atoms with Crippen molar-refractivity contribution in [3.05, 3.63) is 53.2 Å². The van der Waals surface area contributed by atoms with Crippen LogP contribution >= 0.6 is 15.9 Å². The number of hydrogen-bond donors (Lipinski definition) is 1. The molecule has 2 nitrogen and oxygen atoms in total. The van der Waals surface area contributed by atoms with Gasteiger partial charge < -0.3 is 5.32 Å². The van der Waals surface area contributed by atoms with Crippen LogP contribution in [0.2, 0.25) is 0 Å². The van der Waals surface area contributed by atoms with Crippen LogP contribution in [0.1, 0.15) is 5.69 Å². The van der Waals surface area contributed by atoms with E-state index in [2.05, 4.69) is 44.9 Å². The van der Waals surface area contributed by atoms with Crippen molar-refractivity contribution in [2.45, 2.75) is 6.54 Å². The lowest BCUT2D eigenvalue weighted by molar-refractivity contribution is 0.741. The van der Waals surface area contributed by atoms with Crippen LogP contribution in [0.5, 0.6) is 0 Å². The third kappa shape index (κ3) is 2.90. The molecule has 0 atom stereocenters. The molecule has 0 spiro atoms. The number of fused-ring (bicyclic) bond motifs is 1. The molecule has 0 radical (unpaired) electrons. The minimum atomic E-state index is 0.758. The average Bonchev–Trinajstić information content (AvgIpc) is 2.28. The van der Waals surface area contributed by atoms with Crippen LogP contribution < -0.4 is 5.32 Å². The summed E-state index contributed by atoms with van der Waals surface area (Å²) < 4.78 is 0.952. The Morgan fingerprint density at radius 2 is 2.06 bits per heavy atom. The van der Waals surface area contributed by atoms with Gasteiger partial charge >= 0.3 is 0 Å². The van der Waals surface area contributed by atoms with Crippen LogP contribution in [0.25, 0.3) is 10.9 Å². The Morgan fingerprint density at radius 3 is 2.88 bits per heavy atom. The fourth-order valence-corrected chi connectivity index (χ4v) is 1.73. The molecular formula is C13H13BrN2. The number of para-hydroxylation sites is 1. The second-order valence-corrected chi connectivity index (χ2v) is 4.74. The molecule has 0 aliphatic rings. The van der Waals surface area contributed by atoms with Crippen LogP contribution in [0.15, 0.2) is 47.5 Å². The highest BCUT2D eigenvalue weighted by Gasteiger charge is 1.97. The molecule has 0 fully saturated rings. The van der Waals surface area contributed by atoms with Crippen LogP contribution in [0, 0.1) is 0 Å². The third-order valence-corrected chi connectivity index (χ3v) is 2.56. The molecule has 1 heterocycles. The fraction of sp³-hybridized carbons (Fsp3) is 0.154.